The maximum absolute atomic E-state index is 13.1. The molecule has 6 heteroatoms. The van der Waals surface area contributed by atoms with E-state index in [1.807, 2.05) is 26.0 Å². The van der Waals surface area contributed by atoms with Gasteiger partial charge in [-0.15, -0.1) is 0 Å². The summed E-state index contributed by atoms with van der Waals surface area (Å²) in [4.78, 5) is 13.7. The summed E-state index contributed by atoms with van der Waals surface area (Å²) in [5.74, 6) is -0.283. The predicted octanol–water partition coefficient (Wildman–Crippen LogP) is 2.59. The Morgan fingerprint density at radius 3 is 2.08 bits per heavy atom. The molecular weight excluding hydrogens is 324 g/mol. The number of carbonyl (C=O) groups excluding carboxylic acids is 1. The average molecular weight is 346 g/mol. The van der Waals surface area contributed by atoms with Crippen LogP contribution in [0.25, 0.3) is 0 Å². The quantitative estimate of drug-likeness (QED) is 0.836. The lowest BCUT2D eigenvalue weighted by atomic mass is 10.2. The van der Waals surface area contributed by atoms with Gasteiger partial charge in [-0.1, -0.05) is 35.9 Å². The summed E-state index contributed by atoms with van der Waals surface area (Å²) in [7, 11) is -0.620. The Balaban J connectivity index is 2.55. The maximum Gasteiger partial charge on any atom is 0.264 e. The first-order valence-electron chi connectivity index (χ1n) is 7.58. The van der Waals surface area contributed by atoms with E-state index >= 15 is 0 Å². The van der Waals surface area contributed by atoms with Crippen LogP contribution < -0.4 is 4.31 Å². The van der Waals surface area contributed by atoms with Crippen LogP contribution >= 0.6 is 0 Å². The summed E-state index contributed by atoms with van der Waals surface area (Å²) in [6.45, 7) is 3.48. The third kappa shape index (κ3) is 3.76. The van der Waals surface area contributed by atoms with Crippen LogP contribution in [0.2, 0.25) is 0 Å². The molecule has 24 heavy (non-hydrogen) atoms. The Morgan fingerprint density at radius 2 is 1.54 bits per heavy atom. The summed E-state index contributed by atoms with van der Waals surface area (Å²) in [5.41, 5.74) is 2.27. The second-order valence-electron chi connectivity index (χ2n) is 5.90. The minimum atomic E-state index is -3.84. The fraction of sp³-hybridized carbons (Fsp3) is 0.278. The van der Waals surface area contributed by atoms with Crippen LogP contribution in [0, 0.1) is 13.8 Å². The molecule has 0 aliphatic carbocycles. The van der Waals surface area contributed by atoms with Crippen molar-refractivity contribution >= 4 is 21.6 Å². The standard InChI is InChI=1S/C18H22N2O3S/c1-14-9-11-16(12-10-14)24(22,23)20(13-18(21)19(3)4)17-8-6-5-7-15(17)2/h5-12H,13H2,1-4H3. The minimum absolute atomic E-state index is 0.169. The molecule has 2 rings (SSSR count). The first kappa shape index (κ1) is 18.0. The molecular formula is C18H22N2O3S. The molecule has 128 valence electrons. The van der Waals surface area contributed by atoms with Crippen LogP contribution in [0.15, 0.2) is 53.4 Å². The monoisotopic (exact) mass is 346 g/mol. The average Bonchev–Trinajstić information content (AvgIpc) is 2.53. The molecule has 2 aromatic rings. The number of anilines is 1. The van der Waals surface area contributed by atoms with E-state index in [0.717, 1.165) is 11.1 Å². The second kappa shape index (κ2) is 7.05. The van der Waals surface area contributed by atoms with E-state index in [1.165, 1.54) is 9.21 Å². The highest BCUT2D eigenvalue weighted by molar-refractivity contribution is 7.92. The topological polar surface area (TPSA) is 57.7 Å². The largest absolute Gasteiger partial charge is 0.347 e. The highest BCUT2D eigenvalue weighted by Crippen LogP contribution is 2.26. The molecule has 5 nitrogen and oxygen atoms in total. The van der Waals surface area contributed by atoms with Crippen LogP contribution in [-0.4, -0.2) is 39.9 Å². The van der Waals surface area contributed by atoms with E-state index in [4.69, 9.17) is 0 Å². The minimum Gasteiger partial charge on any atom is -0.347 e. The van der Waals surface area contributed by atoms with Crippen LogP contribution in [0.5, 0.6) is 0 Å². The number of amides is 1. The summed E-state index contributed by atoms with van der Waals surface area (Å²) >= 11 is 0. The van der Waals surface area contributed by atoms with Crippen molar-refractivity contribution in [2.75, 3.05) is 24.9 Å². The zero-order valence-corrected chi connectivity index (χ0v) is 15.2. The number of hydrogen-bond donors (Lipinski definition) is 0. The molecule has 1 amide bonds. The SMILES string of the molecule is Cc1ccc(S(=O)(=O)N(CC(=O)N(C)C)c2ccccc2C)cc1. The van der Waals surface area contributed by atoms with Crippen molar-refractivity contribution in [1.29, 1.82) is 0 Å². The Kier molecular flexibility index (Phi) is 5.29. The summed E-state index contributed by atoms with van der Waals surface area (Å²) < 4.78 is 27.4. The maximum atomic E-state index is 13.1. The zero-order chi connectivity index (χ0) is 17.9. The molecule has 0 N–H and O–H groups in total. The van der Waals surface area contributed by atoms with Crippen LogP contribution in [0.4, 0.5) is 5.69 Å². The fourth-order valence-electron chi connectivity index (χ4n) is 2.24. The van der Waals surface area contributed by atoms with E-state index in [0.29, 0.717) is 5.69 Å². The van der Waals surface area contributed by atoms with Gasteiger partial charge in [-0.3, -0.25) is 9.10 Å². The number of carbonyl (C=O) groups is 1. The van der Waals surface area contributed by atoms with Gasteiger partial charge in [-0.2, -0.15) is 0 Å². The number of benzene rings is 2. The number of hydrogen-bond acceptors (Lipinski definition) is 3. The fourth-order valence-corrected chi connectivity index (χ4v) is 3.72. The molecule has 0 atom stereocenters. The van der Waals surface area contributed by atoms with Gasteiger partial charge in [0, 0.05) is 14.1 Å². The molecule has 2 aromatic carbocycles. The van der Waals surface area contributed by atoms with E-state index in [-0.39, 0.29) is 17.3 Å². The van der Waals surface area contributed by atoms with E-state index in [1.54, 1.807) is 50.5 Å². The highest BCUT2D eigenvalue weighted by atomic mass is 32.2. The van der Waals surface area contributed by atoms with Crippen LogP contribution in [0.1, 0.15) is 11.1 Å². The number of sulfonamides is 1. The number of likely N-dealkylation sites (N-methyl/N-ethyl adjacent to an activating group) is 1. The summed E-state index contributed by atoms with van der Waals surface area (Å²) in [5, 5.41) is 0. The number of rotatable bonds is 5. The van der Waals surface area contributed by atoms with Gasteiger partial charge in [0.05, 0.1) is 10.6 Å². The van der Waals surface area contributed by atoms with Crippen molar-refractivity contribution in [2.45, 2.75) is 18.7 Å². The van der Waals surface area contributed by atoms with Crippen molar-refractivity contribution in [3.8, 4) is 0 Å². The van der Waals surface area contributed by atoms with E-state index in [9.17, 15) is 13.2 Å². The Morgan fingerprint density at radius 1 is 0.958 bits per heavy atom. The van der Waals surface area contributed by atoms with Gasteiger partial charge in [-0.25, -0.2) is 8.42 Å². The van der Waals surface area contributed by atoms with Gasteiger partial charge in [0.1, 0.15) is 6.54 Å². The number of para-hydroxylation sites is 1. The molecule has 0 radical (unpaired) electrons. The third-order valence-electron chi connectivity index (χ3n) is 3.77. The molecule has 0 fully saturated rings. The predicted molar refractivity (Wildman–Crippen MR) is 95.6 cm³/mol. The van der Waals surface area contributed by atoms with Crippen molar-refractivity contribution < 1.29 is 13.2 Å². The lowest BCUT2D eigenvalue weighted by molar-refractivity contribution is -0.127. The van der Waals surface area contributed by atoms with Gasteiger partial charge >= 0.3 is 0 Å². The Hall–Kier alpha value is -2.34. The molecule has 0 unspecified atom stereocenters. The Bertz CT molecular complexity index is 828. The van der Waals surface area contributed by atoms with Crippen LogP contribution in [0.3, 0.4) is 0 Å². The van der Waals surface area contributed by atoms with E-state index < -0.39 is 10.0 Å². The van der Waals surface area contributed by atoms with Gasteiger partial charge in [-0.05, 0) is 37.6 Å². The summed E-state index contributed by atoms with van der Waals surface area (Å²) in [6.07, 6.45) is 0. The first-order chi connectivity index (χ1) is 11.2. The zero-order valence-electron chi connectivity index (χ0n) is 14.4. The highest BCUT2D eigenvalue weighted by Gasteiger charge is 2.28. The second-order valence-corrected chi connectivity index (χ2v) is 7.76. The first-order valence-corrected chi connectivity index (χ1v) is 9.02. The lowest BCUT2D eigenvalue weighted by Crippen LogP contribution is -2.40. The molecule has 0 aromatic heterocycles. The normalized spacial score (nSPS) is 11.2. The third-order valence-corrected chi connectivity index (χ3v) is 5.54. The molecule has 0 saturated carbocycles. The van der Waals surface area contributed by atoms with Crippen molar-refractivity contribution in [1.82, 2.24) is 4.90 Å². The van der Waals surface area contributed by atoms with Crippen molar-refractivity contribution in [2.24, 2.45) is 0 Å². The summed E-state index contributed by atoms with van der Waals surface area (Å²) in [6, 6.07) is 13.8. The Labute approximate surface area is 143 Å². The number of nitrogens with zero attached hydrogens (tertiary/aromatic N) is 2. The van der Waals surface area contributed by atoms with Gasteiger partial charge in [0.25, 0.3) is 10.0 Å². The molecule has 0 bridgehead atoms. The molecule has 0 aliphatic heterocycles. The van der Waals surface area contributed by atoms with Crippen molar-refractivity contribution in [3.63, 3.8) is 0 Å². The smallest absolute Gasteiger partial charge is 0.264 e. The van der Waals surface area contributed by atoms with Crippen molar-refractivity contribution in [3.05, 3.63) is 59.7 Å². The molecule has 0 heterocycles. The van der Waals surface area contributed by atoms with Crippen LogP contribution in [-0.2, 0) is 14.8 Å². The molecule has 0 spiro atoms. The van der Waals surface area contributed by atoms with Gasteiger partial charge in [0.15, 0.2) is 0 Å². The van der Waals surface area contributed by atoms with Gasteiger partial charge < -0.3 is 4.90 Å². The molecule has 0 saturated heterocycles. The van der Waals surface area contributed by atoms with E-state index in [2.05, 4.69) is 0 Å². The molecule has 0 aliphatic rings. The number of aryl methyl sites for hydroxylation is 2. The lowest BCUT2D eigenvalue weighted by Gasteiger charge is -2.26. The van der Waals surface area contributed by atoms with Gasteiger partial charge in [0.2, 0.25) is 5.91 Å².